The first kappa shape index (κ1) is 11.6. The molecule has 0 amide bonds. The van der Waals surface area contributed by atoms with E-state index in [0.717, 1.165) is 31.9 Å². The second-order valence-electron chi connectivity index (χ2n) is 3.73. The van der Waals surface area contributed by atoms with Crippen molar-refractivity contribution in [1.29, 1.82) is 0 Å². The Bertz CT molecular complexity index is 417. The van der Waals surface area contributed by atoms with Crippen LogP contribution in [-0.2, 0) is 4.74 Å². The molecule has 0 atom stereocenters. The molecule has 1 aliphatic rings. The van der Waals surface area contributed by atoms with Crippen LogP contribution >= 0.6 is 0 Å². The Kier molecular flexibility index (Phi) is 3.38. The highest BCUT2D eigenvalue weighted by atomic mass is 16.5. The summed E-state index contributed by atoms with van der Waals surface area (Å²) < 4.78 is 4.61. The number of nitrogens with one attached hydrogen (secondary N) is 1. The maximum Gasteiger partial charge on any atom is 0.358 e. The number of methoxy groups -OCH3 is 1. The maximum absolute atomic E-state index is 11.4. The average Bonchev–Trinajstić information content (AvgIpc) is 2.39. The second-order valence-corrected chi connectivity index (χ2v) is 3.73. The van der Waals surface area contributed by atoms with Gasteiger partial charge in [-0.2, -0.15) is 0 Å². The Balaban J connectivity index is 2.28. The first-order valence-corrected chi connectivity index (χ1v) is 5.39. The number of carbonyl (C=O) groups excluding carboxylic acids is 1. The zero-order chi connectivity index (χ0) is 12.3. The first-order chi connectivity index (χ1) is 8.22. The minimum Gasteiger partial charge on any atom is -0.464 e. The summed E-state index contributed by atoms with van der Waals surface area (Å²) in [5.74, 6) is -0.173. The SMILES string of the molecule is COC(=O)c1cc(N2CCNCC2)c(N)nn1. The molecule has 7 nitrogen and oxygen atoms in total. The van der Waals surface area contributed by atoms with E-state index in [1.54, 1.807) is 6.07 Å². The molecular weight excluding hydrogens is 222 g/mol. The van der Waals surface area contributed by atoms with Crippen LogP contribution in [0.1, 0.15) is 10.5 Å². The number of nitrogens with zero attached hydrogens (tertiary/aromatic N) is 3. The van der Waals surface area contributed by atoms with Gasteiger partial charge in [-0.15, -0.1) is 10.2 Å². The van der Waals surface area contributed by atoms with E-state index >= 15 is 0 Å². The summed E-state index contributed by atoms with van der Waals surface area (Å²) in [6.45, 7) is 3.43. The normalized spacial score (nSPS) is 15.7. The van der Waals surface area contributed by atoms with E-state index in [9.17, 15) is 4.79 Å². The molecule has 1 fully saturated rings. The molecule has 2 rings (SSSR count). The van der Waals surface area contributed by atoms with Crippen molar-refractivity contribution in [3.63, 3.8) is 0 Å². The van der Waals surface area contributed by atoms with Crippen molar-refractivity contribution in [3.8, 4) is 0 Å². The summed E-state index contributed by atoms with van der Waals surface area (Å²) in [6, 6.07) is 1.62. The summed E-state index contributed by atoms with van der Waals surface area (Å²) in [5, 5.41) is 10.7. The van der Waals surface area contributed by atoms with E-state index < -0.39 is 5.97 Å². The zero-order valence-corrected chi connectivity index (χ0v) is 9.64. The molecule has 1 aromatic rings. The van der Waals surface area contributed by atoms with Crippen LogP contribution < -0.4 is 16.0 Å². The van der Waals surface area contributed by atoms with Gasteiger partial charge in [-0.25, -0.2) is 4.79 Å². The van der Waals surface area contributed by atoms with E-state index in [-0.39, 0.29) is 5.69 Å². The maximum atomic E-state index is 11.4. The number of carbonyl (C=O) groups is 1. The van der Waals surface area contributed by atoms with E-state index in [0.29, 0.717) is 5.82 Å². The number of piperazine rings is 1. The lowest BCUT2D eigenvalue weighted by Gasteiger charge is -2.29. The van der Waals surface area contributed by atoms with Crippen molar-refractivity contribution in [1.82, 2.24) is 15.5 Å². The van der Waals surface area contributed by atoms with Gasteiger partial charge in [0.25, 0.3) is 0 Å². The summed E-state index contributed by atoms with van der Waals surface area (Å²) in [6.07, 6.45) is 0. The number of hydrogen-bond donors (Lipinski definition) is 2. The van der Waals surface area contributed by atoms with Gasteiger partial charge >= 0.3 is 5.97 Å². The molecule has 3 N–H and O–H groups in total. The molecule has 0 unspecified atom stereocenters. The van der Waals surface area contributed by atoms with Crippen molar-refractivity contribution in [3.05, 3.63) is 11.8 Å². The average molecular weight is 237 g/mol. The number of rotatable bonds is 2. The van der Waals surface area contributed by atoms with Crippen LogP contribution in [0.25, 0.3) is 0 Å². The summed E-state index contributed by atoms with van der Waals surface area (Å²) in [5.41, 5.74) is 6.69. The van der Waals surface area contributed by atoms with Gasteiger partial charge in [-0.1, -0.05) is 0 Å². The van der Waals surface area contributed by atoms with Gasteiger partial charge in [0, 0.05) is 32.2 Å². The molecule has 1 saturated heterocycles. The first-order valence-electron chi connectivity index (χ1n) is 5.39. The third-order valence-electron chi connectivity index (χ3n) is 2.65. The number of nitrogen functional groups attached to an aromatic ring is 1. The molecule has 0 aliphatic carbocycles. The highest BCUT2D eigenvalue weighted by Gasteiger charge is 2.17. The molecular formula is C10H15N5O2. The van der Waals surface area contributed by atoms with Crippen LogP contribution in [0, 0.1) is 0 Å². The predicted molar refractivity (Wildman–Crippen MR) is 62.9 cm³/mol. The number of anilines is 2. The molecule has 0 aromatic carbocycles. The second kappa shape index (κ2) is 4.96. The monoisotopic (exact) mass is 237 g/mol. The third kappa shape index (κ3) is 2.44. The largest absolute Gasteiger partial charge is 0.464 e. The van der Waals surface area contributed by atoms with Crippen molar-refractivity contribution in [2.45, 2.75) is 0 Å². The van der Waals surface area contributed by atoms with E-state index in [1.807, 2.05) is 0 Å². The van der Waals surface area contributed by atoms with Crippen LogP contribution in [0.4, 0.5) is 11.5 Å². The molecule has 2 heterocycles. The van der Waals surface area contributed by atoms with Gasteiger partial charge < -0.3 is 20.7 Å². The molecule has 17 heavy (non-hydrogen) atoms. The fourth-order valence-electron chi connectivity index (χ4n) is 1.75. The Hall–Kier alpha value is -1.89. The Morgan fingerprint density at radius 2 is 2.18 bits per heavy atom. The topological polar surface area (TPSA) is 93.4 Å². The lowest BCUT2D eigenvalue weighted by Crippen LogP contribution is -2.44. The number of nitrogens with two attached hydrogens (primary N) is 1. The van der Waals surface area contributed by atoms with Crippen LogP contribution in [-0.4, -0.2) is 49.5 Å². The lowest BCUT2D eigenvalue weighted by atomic mass is 10.2. The third-order valence-corrected chi connectivity index (χ3v) is 2.65. The molecule has 1 aliphatic heterocycles. The van der Waals surface area contributed by atoms with Gasteiger partial charge in [0.1, 0.15) is 0 Å². The van der Waals surface area contributed by atoms with Crippen molar-refractivity contribution in [2.75, 3.05) is 43.9 Å². The fourth-order valence-corrected chi connectivity index (χ4v) is 1.75. The molecule has 7 heteroatoms. The summed E-state index contributed by atoms with van der Waals surface area (Å²) >= 11 is 0. The highest BCUT2D eigenvalue weighted by molar-refractivity contribution is 5.88. The molecule has 0 bridgehead atoms. The van der Waals surface area contributed by atoms with Crippen molar-refractivity contribution < 1.29 is 9.53 Å². The summed E-state index contributed by atoms with van der Waals surface area (Å²) in [4.78, 5) is 13.4. The van der Waals surface area contributed by atoms with Crippen LogP contribution in [0.15, 0.2) is 6.07 Å². The van der Waals surface area contributed by atoms with Crippen molar-refractivity contribution >= 4 is 17.5 Å². The van der Waals surface area contributed by atoms with Crippen LogP contribution in [0.3, 0.4) is 0 Å². The number of esters is 1. The summed E-state index contributed by atoms with van der Waals surface area (Å²) in [7, 11) is 1.31. The minimum absolute atomic E-state index is 0.176. The van der Waals surface area contributed by atoms with Crippen molar-refractivity contribution in [2.24, 2.45) is 0 Å². The van der Waals surface area contributed by atoms with E-state index in [2.05, 4.69) is 25.2 Å². The van der Waals surface area contributed by atoms with E-state index in [4.69, 9.17) is 5.73 Å². The fraction of sp³-hybridized carbons (Fsp3) is 0.500. The Morgan fingerprint density at radius 3 is 2.82 bits per heavy atom. The van der Waals surface area contributed by atoms with Gasteiger partial charge in [0.05, 0.1) is 12.8 Å². The Labute approximate surface area is 98.9 Å². The molecule has 0 saturated carbocycles. The standard InChI is InChI=1S/C10H15N5O2/c1-17-10(16)7-6-8(9(11)14-13-7)15-4-2-12-3-5-15/h6,12H,2-5H2,1H3,(H2,11,14). The lowest BCUT2D eigenvalue weighted by molar-refractivity contribution is 0.0593. The Morgan fingerprint density at radius 1 is 1.47 bits per heavy atom. The zero-order valence-electron chi connectivity index (χ0n) is 9.64. The highest BCUT2D eigenvalue weighted by Crippen LogP contribution is 2.21. The van der Waals surface area contributed by atoms with Gasteiger partial charge in [-0.3, -0.25) is 0 Å². The molecule has 0 radical (unpaired) electrons. The van der Waals surface area contributed by atoms with Gasteiger partial charge in [0.2, 0.25) is 0 Å². The smallest absolute Gasteiger partial charge is 0.358 e. The van der Waals surface area contributed by atoms with Gasteiger partial charge in [0.15, 0.2) is 11.5 Å². The van der Waals surface area contributed by atoms with Crippen LogP contribution in [0.2, 0.25) is 0 Å². The molecule has 92 valence electrons. The quantitative estimate of drug-likeness (QED) is 0.654. The molecule has 0 spiro atoms. The predicted octanol–water partition coefficient (Wildman–Crippen LogP) is -0.745. The minimum atomic E-state index is -0.506. The number of aromatic nitrogens is 2. The van der Waals surface area contributed by atoms with Gasteiger partial charge in [-0.05, 0) is 0 Å². The molecule has 1 aromatic heterocycles. The van der Waals surface area contributed by atoms with E-state index in [1.165, 1.54) is 7.11 Å². The van der Waals surface area contributed by atoms with Crippen LogP contribution in [0.5, 0.6) is 0 Å². The number of ether oxygens (including phenoxy) is 1. The number of hydrogen-bond acceptors (Lipinski definition) is 7.